The highest BCUT2D eigenvalue weighted by atomic mass is 16.5. The van der Waals surface area contributed by atoms with Gasteiger partial charge in [-0.05, 0) is 50.8 Å². The summed E-state index contributed by atoms with van der Waals surface area (Å²) in [6.45, 7) is 7.00. The summed E-state index contributed by atoms with van der Waals surface area (Å²) in [4.78, 5) is 4.62. The zero-order valence-electron chi connectivity index (χ0n) is 12.2. The fraction of sp³-hybridized carbons (Fsp3) is 0.688. The van der Waals surface area contributed by atoms with Crippen LogP contribution >= 0.6 is 0 Å². The minimum absolute atomic E-state index is 0.502. The normalized spacial score (nSPS) is 19.4. The van der Waals surface area contributed by atoms with E-state index in [9.17, 15) is 0 Å². The summed E-state index contributed by atoms with van der Waals surface area (Å²) in [6.07, 6.45) is 6.57. The molecule has 0 fully saturated rings. The third-order valence-electron chi connectivity index (χ3n) is 3.92. The first-order valence-electron chi connectivity index (χ1n) is 7.61. The zero-order chi connectivity index (χ0) is 13.5. The zero-order valence-corrected chi connectivity index (χ0v) is 12.2. The van der Waals surface area contributed by atoms with Crippen LogP contribution in [0.3, 0.4) is 0 Å². The van der Waals surface area contributed by atoms with Gasteiger partial charge in [-0.25, -0.2) is 0 Å². The molecule has 2 rings (SSSR count). The van der Waals surface area contributed by atoms with E-state index in [-0.39, 0.29) is 0 Å². The Hall–Kier alpha value is -0.930. The Kier molecular flexibility index (Phi) is 5.80. The molecule has 0 aromatic carbocycles. The number of hydrogen-bond donors (Lipinski definition) is 1. The smallest absolute Gasteiger partial charge is 0.0482 e. The maximum Gasteiger partial charge on any atom is 0.0482 e. The maximum atomic E-state index is 5.53. The van der Waals surface area contributed by atoms with Crippen molar-refractivity contribution in [3.05, 3.63) is 29.6 Å². The van der Waals surface area contributed by atoms with E-state index in [1.807, 2.05) is 6.20 Å². The van der Waals surface area contributed by atoms with Crippen molar-refractivity contribution in [2.45, 2.75) is 51.5 Å². The van der Waals surface area contributed by atoms with E-state index in [0.29, 0.717) is 12.0 Å². The van der Waals surface area contributed by atoms with Gasteiger partial charge in [-0.2, -0.15) is 0 Å². The molecule has 1 heterocycles. The molecule has 2 unspecified atom stereocenters. The summed E-state index contributed by atoms with van der Waals surface area (Å²) >= 11 is 0. The molecule has 1 aliphatic rings. The van der Waals surface area contributed by atoms with Crippen molar-refractivity contribution in [1.29, 1.82) is 0 Å². The van der Waals surface area contributed by atoms with Gasteiger partial charge in [-0.15, -0.1) is 0 Å². The average molecular weight is 262 g/mol. The van der Waals surface area contributed by atoms with Gasteiger partial charge in [-0.1, -0.05) is 13.0 Å². The Labute approximate surface area is 116 Å². The first kappa shape index (κ1) is 14.5. The molecule has 0 aliphatic heterocycles. The molecule has 1 aromatic heterocycles. The number of hydrogen-bond acceptors (Lipinski definition) is 3. The summed E-state index contributed by atoms with van der Waals surface area (Å²) in [7, 11) is 0. The predicted molar refractivity (Wildman–Crippen MR) is 78.5 cm³/mol. The minimum Gasteiger partial charge on any atom is -0.382 e. The van der Waals surface area contributed by atoms with Gasteiger partial charge in [-0.3, -0.25) is 4.98 Å². The Morgan fingerprint density at radius 3 is 3.16 bits per heavy atom. The van der Waals surface area contributed by atoms with Crippen molar-refractivity contribution in [2.75, 3.05) is 19.8 Å². The molecule has 0 spiro atoms. The average Bonchev–Trinajstić information content (AvgIpc) is 2.87. The second-order valence-corrected chi connectivity index (χ2v) is 5.24. The van der Waals surface area contributed by atoms with Crippen LogP contribution in [-0.2, 0) is 11.2 Å². The lowest BCUT2D eigenvalue weighted by molar-refractivity contribution is 0.132. The molecule has 106 valence electrons. The molecule has 3 heteroatoms. The van der Waals surface area contributed by atoms with Gasteiger partial charge in [0.2, 0.25) is 0 Å². The van der Waals surface area contributed by atoms with Crippen LogP contribution in [0, 0.1) is 0 Å². The maximum absolute atomic E-state index is 5.53. The van der Waals surface area contributed by atoms with E-state index in [2.05, 4.69) is 36.3 Å². The van der Waals surface area contributed by atoms with Crippen LogP contribution in [-0.4, -0.2) is 30.8 Å². The second kappa shape index (κ2) is 7.61. The summed E-state index contributed by atoms with van der Waals surface area (Å²) in [5, 5.41) is 3.69. The molecular formula is C16H26N2O. The fourth-order valence-electron chi connectivity index (χ4n) is 2.97. The number of fused-ring (bicyclic) bond motifs is 1. The van der Waals surface area contributed by atoms with Crippen LogP contribution in [0.5, 0.6) is 0 Å². The van der Waals surface area contributed by atoms with Gasteiger partial charge < -0.3 is 10.1 Å². The van der Waals surface area contributed by atoms with Gasteiger partial charge in [0, 0.05) is 37.1 Å². The minimum atomic E-state index is 0.502. The predicted octanol–water partition coefficient (Wildman–Crippen LogP) is 2.91. The number of ether oxygens (including phenoxy) is 1. The van der Waals surface area contributed by atoms with Gasteiger partial charge in [0.15, 0.2) is 0 Å². The monoisotopic (exact) mass is 262 g/mol. The van der Waals surface area contributed by atoms with Crippen LogP contribution in [0.2, 0.25) is 0 Å². The molecule has 0 radical (unpaired) electrons. The largest absolute Gasteiger partial charge is 0.382 e. The van der Waals surface area contributed by atoms with Gasteiger partial charge in [0.25, 0.3) is 0 Å². The molecule has 0 bridgehead atoms. The van der Waals surface area contributed by atoms with E-state index in [4.69, 9.17) is 4.74 Å². The van der Waals surface area contributed by atoms with Gasteiger partial charge in [0.1, 0.15) is 0 Å². The van der Waals surface area contributed by atoms with E-state index in [1.165, 1.54) is 30.5 Å². The van der Waals surface area contributed by atoms with Crippen LogP contribution in [0.25, 0.3) is 0 Å². The molecule has 1 aliphatic carbocycles. The third-order valence-corrected chi connectivity index (χ3v) is 3.92. The van der Waals surface area contributed by atoms with Gasteiger partial charge in [0.05, 0.1) is 0 Å². The molecular weight excluding hydrogens is 236 g/mol. The van der Waals surface area contributed by atoms with Crippen LogP contribution < -0.4 is 5.32 Å². The second-order valence-electron chi connectivity index (χ2n) is 5.24. The highest BCUT2D eigenvalue weighted by Gasteiger charge is 2.30. The number of nitrogens with one attached hydrogen (secondary N) is 1. The summed E-state index contributed by atoms with van der Waals surface area (Å²) < 4.78 is 5.53. The lowest BCUT2D eigenvalue weighted by Crippen LogP contribution is -2.36. The Morgan fingerprint density at radius 2 is 2.37 bits per heavy atom. The number of aromatic nitrogens is 1. The van der Waals surface area contributed by atoms with Crippen LogP contribution in [0.4, 0.5) is 0 Å². The summed E-state index contributed by atoms with van der Waals surface area (Å²) in [5.74, 6) is 0.559. The Morgan fingerprint density at radius 1 is 1.47 bits per heavy atom. The molecule has 1 N–H and O–H groups in total. The quantitative estimate of drug-likeness (QED) is 0.731. The summed E-state index contributed by atoms with van der Waals surface area (Å²) in [6, 6.07) is 4.78. The standard InChI is InChI=1S/C16H26N2O/c1-3-10-17-15(9-12-19-4-2)14-8-7-13-6-5-11-18-16(13)14/h5-6,11,14-15,17H,3-4,7-10,12H2,1-2H3. The van der Waals surface area contributed by atoms with E-state index >= 15 is 0 Å². The topological polar surface area (TPSA) is 34.1 Å². The van der Waals surface area contributed by atoms with Crippen molar-refractivity contribution in [3.8, 4) is 0 Å². The third kappa shape index (κ3) is 3.77. The SMILES string of the molecule is CCCNC(CCOCC)C1CCc2cccnc21. The van der Waals surface area contributed by atoms with Crippen molar-refractivity contribution in [2.24, 2.45) is 0 Å². The van der Waals surface area contributed by atoms with Crippen molar-refractivity contribution in [1.82, 2.24) is 10.3 Å². The molecule has 19 heavy (non-hydrogen) atoms. The Bertz CT molecular complexity index is 381. The lowest BCUT2D eigenvalue weighted by Gasteiger charge is -2.25. The summed E-state index contributed by atoms with van der Waals surface area (Å²) in [5.41, 5.74) is 2.75. The number of rotatable bonds is 8. The first-order valence-corrected chi connectivity index (χ1v) is 7.61. The highest BCUT2D eigenvalue weighted by Crippen LogP contribution is 2.34. The Balaban J connectivity index is 2.01. The molecule has 3 nitrogen and oxygen atoms in total. The molecule has 0 saturated carbocycles. The lowest BCUT2D eigenvalue weighted by atomic mass is 9.94. The van der Waals surface area contributed by atoms with Crippen LogP contribution in [0.1, 0.15) is 50.3 Å². The first-order chi connectivity index (χ1) is 9.36. The number of pyridine rings is 1. The highest BCUT2D eigenvalue weighted by molar-refractivity contribution is 5.29. The fourth-order valence-corrected chi connectivity index (χ4v) is 2.97. The van der Waals surface area contributed by atoms with Crippen molar-refractivity contribution < 1.29 is 4.74 Å². The van der Waals surface area contributed by atoms with E-state index in [1.54, 1.807) is 0 Å². The number of aryl methyl sites for hydroxylation is 1. The molecule has 1 aromatic rings. The molecule has 0 amide bonds. The van der Waals surface area contributed by atoms with E-state index < -0.39 is 0 Å². The van der Waals surface area contributed by atoms with Crippen molar-refractivity contribution >= 4 is 0 Å². The molecule has 0 saturated heterocycles. The van der Waals surface area contributed by atoms with Gasteiger partial charge >= 0.3 is 0 Å². The number of nitrogens with zero attached hydrogens (tertiary/aromatic N) is 1. The van der Waals surface area contributed by atoms with E-state index in [0.717, 1.165) is 26.2 Å². The van der Waals surface area contributed by atoms with Crippen molar-refractivity contribution in [3.63, 3.8) is 0 Å². The molecule has 2 atom stereocenters. The van der Waals surface area contributed by atoms with Crippen LogP contribution in [0.15, 0.2) is 18.3 Å².